The summed E-state index contributed by atoms with van der Waals surface area (Å²) < 4.78 is 6.07. The highest BCUT2D eigenvalue weighted by atomic mass is 16.5. The van der Waals surface area contributed by atoms with Gasteiger partial charge >= 0.3 is 0 Å². The van der Waals surface area contributed by atoms with Crippen molar-refractivity contribution in [1.29, 1.82) is 0 Å². The predicted octanol–water partition coefficient (Wildman–Crippen LogP) is 2.39. The molecule has 1 heterocycles. The van der Waals surface area contributed by atoms with Gasteiger partial charge in [0.1, 0.15) is 0 Å². The minimum atomic E-state index is -0.0450. The molecule has 0 saturated carbocycles. The first-order valence-corrected chi connectivity index (χ1v) is 6.92. The summed E-state index contributed by atoms with van der Waals surface area (Å²) in [6.45, 7) is 14.0. The molecule has 1 rings (SSSR count). The molecular weight excluding hydrogens is 212 g/mol. The molecule has 0 aromatic rings. The Morgan fingerprint density at radius 3 is 2.12 bits per heavy atom. The van der Waals surface area contributed by atoms with Crippen LogP contribution in [0.3, 0.4) is 0 Å². The fourth-order valence-electron chi connectivity index (χ4n) is 2.97. The maximum Gasteiger partial charge on any atom is 0.0760 e. The largest absolute Gasteiger partial charge is 0.367 e. The van der Waals surface area contributed by atoms with Gasteiger partial charge < -0.3 is 10.5 Å². The van der Waals surface area contributed by atoms with Crippen LogP contribution in [0.1, 0.15) is 53.9 Å². The third kappa shape index (κ3) is 5.36. The number of hydrogen-bond donors (Lipinski definition) is 1. The highest BCUT2D eigenvalue weighted by molar-refractivity contribution is 4.89. The molecule has 0 bridgehead atoms. The first-order valence-electron chi connectivity index (χ1n) is 6.92. The van der Waals surface area contributed by atoms with E-state index in [1.807, 2.05) is 0 Å². The lowest BCUT2D eigenvalue weighted by Gasteiger charge is -2.47. The number of rotatable bonds is 5. The number of morpholine rings is 1. The first-order chi connectivity index (χ1) is 7.74. The fourth-order valence-corrected chi connectivity index (χ4v) is 2.97. The summed E-state index contributed by atoms with van der Waals surface area (Å²) in [6, 6.07) is 0.356. The molecule has 1 fully saturated rings. The van der Waals surface area contributed by atoms with Gasteiger partial charge in [-0.25, -0.2) is 0 Å². The molecule has 1 aliphatic heterocycles. The van der Waals surface area contributed by atoms with E-state index in [-0.39, 0.29) is 11.2 Å². The third-order valence-electron chi connectivity index (χ3n) is 3.24. The van der Waals surface area contributed by atoms with E-state index in [1.54, 1.807) is 0 Å². The van der Waals surface area contributed by atoms with Crippen LogP contribution in [0.25, 0.3) is 0 Å². The average molecular weight is 242 g/mol. The average Bonchev–Trinajstić information content (AvgIpc) is 2.10. The van der Waals surface area contributed by atoms with Crippen molar-refractivity contribution in [3.05, 3.63) is 0 Å². The number of hydrogen-bond acceptors (Lipinski definition) is 3. The molecule has 0 aromatic heterocycles. The van der Waals surface area contributed by atoms with E-state index in [0.29, 0.717) is 6.04 Å². The van der Waals surface area contributed by atoms with Crippen molar-refractivity contribution in [2.24, 2.45) is 5.73 Å². The SMILES string of the molecule is CCCC(N)CCN1CC(C)(C)OC(C)(C)C1. The lowest BCUT2D eigenvalue weighted by Crippen LogP contribution is -2.57. The third-order valence-corrected chi connectivity index (χ3v) is 3.24. The topological polar surface area (TPSA) is 38.5 Å². The summed E-state index contributed by atoms with van der Waals surface area (Å²) in [5, 5.41) is 0. The van der Waals surface area contributed by atoms with Gasteiger partial charge in [0.05, 0.1) is 11.2 Å². The quantitative estimate of drug-likeness (QED) is 0.804. The van der Waals surface area contributed by atoms with Crippen LogP contribution in [0.2, 0.25) is 0 Å². The van der Waals surface area contributed by atoms with Gasteiger partial charge in [-0.15, -0.1) is 0 Å². The lowest BCUT2D eigenvalue weighted by molar-refractivity contribution is -0.180. The molecule has 0 radical (unpaired) electrons. The molecule has 0 amide bonds. The van der Waals surface area contributed by atoms with E-state index in [1.165, 1.54) is 6.42 Å². The molecule has 3 heteroatoms. The maximum atomic E-state index is 6.08. The molecule has 0 aromatic carbocycles. The van der Waals surface area contributed by atoms with Crippen LogP contribution >= 0.6 is 0 Å². The van der Waals surface area contributed by atoms with Crippen LogP contribution in [-0.2, 0) is 4.74 Å². The minimum absolute atomic E-state index is 0.0450. The summed E-state index contributed by atoms with van der Waals surface area (Å²) in [7, 11) is 0. The summed E-state index contributed by atoms with van der Waals surface area (Å²) in [5.41, 5.74) is 5.99. The summed E-state index contributed by atoms with van der Waals surface area (Å²) in [5.74, 6) is 0. The molecule has 3 nitrogen and oxygen atoms in total. The second kappa shape index (κ2) is 5.68. The molecule has 102 valence electrons. The number of nitrogens with two attached hydrogens (primary N) is 1. The maximum absolute atomic E-state index is 6.08. The van der Waals surface area contributed by atoms with Crippen molar-refractivity contribution in [1.82, 2.24) is 4.90 Å². The molecular formula is C14H30N2O. The van der Waals surface area contributed by atoms with Crippen molar-refractivity contribution < 1.29 is 4.74 Å². The monoisotopic (exact) mass is 242 g/mol. The van der Waals surface area contributed by atoms with Gasteiger partial charge in [-0.05, 0) is 47.1 Å². The van der Waals surface area contributed by atoms with E-state index in [4.69, 9.17) is 10.5 Å². The van der Waals surface area contributed by atoms with Crippen LogP contribution < -0.4 is 5.73 Å². The smallest absolute Gasteiger partial charge is 0.0760 e. The zero-order chi connectivity index (χ0) is 13.1. The molecule has 0 aliphatic carbocycles. The van der Waals surface area contributed by atoms with Gasteiger partial charge in [-0.3, -0.25) is 4.90 Å². The summed E-state index contributed by atoms with van der Waals surface area (Å²) >= 11 is 0. The Labute approximate surface area is 107 Å². The van der Waals surface area contributed by atoms with Gasteiger partial charge in [0, 0.05) is 19.1 Å². The highest BCUT2D eigenvalue weighted by Crippen LogP contribution is 2.28. The Morgan fingerprint density at radius 1 is 1.12 bits per heavy atom. The fraction of sp³-hybridized carbons (Fsp3) is 1.00. The molecule has 1 atom stereocenters. The van der Waals surface area contributed by atoms with Gasteiger partial charge in [0.25, 0.3) is 0 Å². The van der Waals surface area contributed by atoms with Crippen LogP contribution in [-0.4, -0.2) is 41.8 Å². The van der Waals surface area contributed by atoms with E-state index in [0.717, 1.165) is 32.5 Å². The van der Waals surface area contributed by atoms with Crippen molar-refractivity contribution in [3.8, 4) is 0 Å². The minimum Gasteiger partial charge on any atom is -0.367 e. The Balaban J connectivity index is 2.43. The van der Waals surface area contributed by atoms with Crippen LogP contribution in [0.15, 0.2) is 0 Å². The number of ether oxygens (including phenoxy) is 1. The van der Waals surface area contributed by atoms with Crippen LogP contribution in [0.4, 0.5) is 0 Å². The van der Waals surface area contributed by atoms with Crippen molar-refractivity contribution in [2.75, 3.05) is 19.6 Å². The molecule has 17 heavy (non-hydrogen) atoms. The highest BCUT2D eigenvalue weighted by Gasteiger charge is 2.37. The van der Waals surface area contributed by atoms with Crippen molar-refractivity contribution in [3.63, 3.8) is 0 Å². The first kappa shape index (κ1) is 14.9. The summed E-state index contributed by atoms with van der Waals surface area (Å²) in [4.78, 5) is 2.50. The normalized spacial score (nSPS) is 25.8. The second-order valence-electron chi connectivity index (χ2n) is 6.67. The Kier molecular flexibility index (Phi) is 4.99. The zero-order valence-electron chi connectivity index (χ0n) is 12.3. The summed E-state index contributed by atoms with van der Waals surface area (Å²) in [6.07, 6.45) is 3.42. The Hall–Kier alpha value is -0.120. The van der Waals surface area contributed by atoms with E-state index in [9.17, 15) is 0 Å². The molecule has 2 N–H and O–H groups in total. The zero-order valence-corrected chi connectivity index (χ0v) is 12.3. The molecule has 0 spiro atoms. The van der Waals surface area contributed by atoms with Gasteiger partial charge in [0.2, 0.25) is 0 Å². The van der Waals surface area contributed by atoms with Gasteiger partial charge in [0.15, 0.2) is 0 Å². The second-order valence-corrected chi connectivity index (χ2v) is 6.67. The molecule has 1 aliphatic rings. The number of nitrogens with zero attached hydrogens (tertiary/aromatic N) is 1. The predicted molar refractivity (Wildman–Crippen MR) is 73.2 cm³/mol. The van der Waals surface area contributed by atoms with E-state index >= 15 is 0 Å². The van der Waals surface area contributed by atoms with Crippen LogP contribution in [0, 0.1) is 0 Å². The van der Waals surface area contributed by atoms with E-state index in [2.05, 4.69) is 39.5 Å². The Bertz CT molecular complexity index is 222. The standard InChI is InChI=1S/C14H30N2O/c1-6-7-12(15)8-9-16-10-13(2,3)17-14(4,5)11-16/h12H,6-11,15H2,1-5H3. The van der Waals surface area contributed by atoms with E-state index < -0.39 is 0 Å². The Morgan fingerprint density at radius 2 is 1.65 bits per heavy atom. The van der Waals surface area contributed by atoms with Gasteiger partial charge in [-0.1, -0.05) is 13.3 Å². The van der Waals surface area contributed by atoms with Crippen molar-refractivity contribution >= 4 is 0 Å². The lowest BCUT2D eigenvalue weighted by atomic mass is 9.98. The van der Waals surface area contributed by atoms with Crippen molar-refractivity contribution in [2.45, 2.75) is 71.1 Å². The molecule has 1 unspecified atom stereocenters. The van der Waals surface area contributed by atoms with Gasteiger partial charge in [-0.2, -0.15) is 0 Å². The molecule has 1 saturated heterocycles. The van der Waals surface area contributed by atoms with Crippen LogP contribution in [0.5, 0.6) is 0 Å².